The monoisotopic (exact) mass is 488 g/mol. The van der Waals surface area contributed by atoms with Crippen molar-refractivity contribution in [2.45, 2.75) is 25.7 Å². The standard InChI is InChI=1S/C17H18Br2N2O3S/c1-10-6-11(2)17(12(3)7-10)21-16(22)9-20-25(23,24)15-8-13(18)4-5-14(15)19/h4-8,20H,9H2,1-3H3,(H,21,22). The van der Waals surface area contributed by atoms with Gasteiger partial charge in [-0.1, -0.05) is 33.6 Å². The van der Waals surface area contributed by atoms with Crippen LogP contribution in [0.4, 0.5) is 5.69 Å². The van der Waals surface area contributed by atoms with E-state index in [0.717, 1.165) is 16.7 Å². The Kier molecular flexibility index (Phi) is 6.42. The van der Waals surface area contributed by atoms with Gasteiger partial charge >= 0.3 is 0 Å². The fourth-order valence-corrected chi connectivity index (χ4v) is 4.96. The lowest BCUT2D eigenvalue weighted by Crippen LogP contribution is -2.33. The van der Waals surface area contributed by atoms with E-state index in [2.05, 4.69) is 41.9 Å². The Morgan fingerprint density at radius 3 is 2.24 bits per heavy atom. The van der Waals surface area contributed by atoms with E-state index in [4.69, 9.17) is 0 Å². The van der Waals surface area contributed by atoms with Gasteiger partial charge in [0.1, 0.15) is 0 Å². The summed E-state index contributed by atoms with van der Waals surface area (Å²) >= 11 is 6.45. The Bertz CT molecular complexity index is 904. The molecule has 0 unspecified atom stereocenters. The van der Waals surface area contributed by atoms with Crippen LogP contribution in [0, 0.1) is 20.8 Å². The molecule has 0 spiro atoms. The first-order chi connectivity index (χ1) is 11.6. The normalized spacial score (nSPS) is 11.4. The van der Waals surface area contributed by atoms with E-state index in [9.17, 15) is 13.2 Å². The van der Waals surface area contributed by atoms with Crippen molar-refractivity contribution in [2.24, 2.45) is 0 Å². The largest absolute Gasteiger partial charge is 0.324 e. The van der Waals surface area contributed by atoms with Gasteiger partial charge in [-0.25, -0.2) is 13.1 Å². The molecule has 0 aliphatic carbocycles. The smallest absolute Gasteiger partial charge is 0.242 e. The topological polar surface area (TPSA) is 75.3 Å². The van der Waals surface area contributed by atoms with E-state index in [1.807, 2.05) is 32.9 Å². The fraction of sp³-hybridized carbons (Fsp3) is 0.235. The van der Waals surface area contributed by atoms with Crippen molar-refractivity contribution < 1.29 is 13.2 Å². The Morgan fingerprint density at radius 1 is 1.04 bits per heavy atom. The van der Waals surface area contributed by atoms with Crippen LogP contribution in [0.5, 0.6) is 0 Å². The quantitative estimate of drug-likeness (QED) is 0.665. The molecular weight excluding hydrogens is 472 g/mol. The van der Waals surface area contributed by atoms with Crippen molar-refractivity contribution in [1.82, 2.24) is 4.72 Å². The summed E-state index contributed by atoms with van der Waals surface area (Å²) in [6, 6.07) is 8.74. The van der Waals surface area contributed by atoms with Gasteiger partial charge in [-0.05, 0) is 66.0 Å². The van der Waals surface area contributed by atoms with Gasteiger partial charge in [0.2, 0.25) is 15.9 Å². The van der Waals surface area contributed by atoms with E-state index < -0.39 is 15.9 Å². The van der Waals surface area contributed by atoms with Crippen LogP contribution in [0.2, 0.25) is 0 Å². The number of hydrogen-bond donors (Lipinski definition) is 2. The first kappa shape index (κ1) is 20.1. The maximum atomic E-state index is 12.4. The molecule has 0 saturated heterocycles. The molecule has 2 aromatic rings. The third kappa shape index (κ3) is 5.13. The number of hydrogen-bond acceptors (Lipinski definition) is 3. The van der Waals surface area contributed by atoms with Crippen molar-refractivity contribution in [3.63, 3.8) is 0 Å². The molecule has 0 aromatic heterocycles. The zero-order chi connectivity index (χ0) is 18.8. The van der Waals surface area contributed by atoms with Gasteiger partial charge in [0.15, 0.2) is 0 Å². The Balaban J connectivity index is 2.11. The fourth-order valence-electron chi connectivity index (χ4n) is 2.48. The Morgan fingerprint density at radius 2 is 1.64 bits per heavy atom. The van der Waals surface area contributed by atoms with Gasteiger partial charge in [-0.15, -0.1) is 0 Å². The number of carbonyl (C=O) groups excluding carboxylic acids is 1. The number of carbonyl (C=O) groups is 1. The molecule has 0 fully saturated rings. The van der Waals surface area contributed by atoms with Crippen molar-refractivity contribution in [1.29, 1.82) is 0 Å². The van der Waals surface area contributed by atoms with Gasteiger partial charge < -0.3 is 5.32 Å². The summed E-state index contributed by atoms with van der Waals surface area (Å²) in [5.41, 5.74) is 3.68. The summed E-state index contributed by atoms with van der Waals surface area (Å²) in [5, 5.41) is 2.77. The zero-order valence-electron chi connectivity index (χ0n) is 14.0. The maximum Gasteiger partial charge on any atom is 0.242 e. The number of rotatable bonds is 5. The highest BCUT2D eigenvalue weighted by molar-refractivity contribution is 9.11. The van der Waals surface area contributed by atoms with E-state index in [0.29, 0.717) is 14.6 Å². The molecule has 25 heavy (non-hydrogen) atoms. The zero-order valence-corrected chi connectivity index (χ0v) is 18.0. The number of anilines is 1. The van der Waals surface area contributed by atoms with Crippen LogP contribution in [-0.4, -0.2) is 20.9 Å². The minimum Gasteiger partial charge on any atom is -0.324 e. The van der Waals surface area contributed by atoms with Gasteiger partial charge in [-0.2, -0.15) is 0 Å². The minimum absolute atomic E-state index is 0.0670. The number of amides is 1. The van der Waals surface area contributed by atoms with Crippen molar-refractivity contribution in [3.05, 3.63) is 56.0 Å². The van der Waals surface area contributed by atoms with E-state index in [1.54, 1.807) is 12.1 Å². The number of nitrogens with one attached hydrogen (secondary N) is 2. The SMILES string of the molecule is Cc1cc(C)c(NC(=O)CNS(=O)(=O)c2cc(Br)ccc2Br)c(C)c1. The van der Waals surface area contributed by atoms with Crippen LogP contribution >= 0.6 is 31.9 Å². The van der Waals surface area contributed by atoms with Crippen LogP contribution in [0.25, 0.3) is 0 Å². The molecule has 2 rings (SSSR count). The molecule has 0 bridgehead atoms. The molecule has 2 aromatic carbocycles. The Hall–Kier alpha value is -1.22. The van der Waals surface area contributed by atoms with E-state index >= 15 is 0 Å². The van der Waals surface area contributed by atoms with Crippen LogP contribution in [0.15, 0.2) is 44.2 Å². The second-order valence-corrected chi connectivity index (χ2v) is 9.23. The highest BCUT2D eigenvalue weighted by Crippen LogP contribution is 2.25. The van der Waals surface area contributed by atoms with E-state index in [1.165, 1.54) is 6.07 Å². The summed E-state index contributed by atoms with van der Waals surface area (Å²) in [4.78, 5) is 12.2. The summed E-state index contributed by atoms with van der Waals surface area (Å²) in [5.74, 6) is -0.426. The molecule has 134 valence electrons. The number of aryl methyl sites for hydroxylation is 3. The van der Waals surface area contributed by atoms with Gasteiger partial charge in [0.25, 0.3) is 0 Å². The second kappa shape index (κ2) is 7.99. The molecule has 0 atom stereocenters. The summed E-state index contributed by atoms with van der Waals surface area (Å²) in [6.45, 7) is 5.43. The molecular formula is C17H18Br2N2O3S. The molecule has 0 aliphatic heterocycles. The Labute approximate surface area is 164 Å². The molecule has 1 amide bonds. The lowest BCUT2D eigenvalue weighted by molar-refractivity contribution is -0.115. The lowest BCUT2D eigenvalue weighted by Gasteiger charge is -2.13. The van der Waals surface area contributed by atoms with Crippen molar-refractivity contribution in [3.8, 4) is 0 Å². The summed E-state index contributed by atoms with van der Waals surface area (Å²) in [6.07, 6.45) is 0. The van der Waals surface area contributed by atoms with Gasteiger partial charge in [-0.3, -0.25) is 4.79 Å². The van der Waals surface area contributed by atoms with Crippen molar-refractivity contribution >= 4 is 53.5 Å². The molecule has 0 saturated carbocycles. The molecule has 0 radical (unpaired) electrons. The highest BCUT2D eigenvalue weighted by atomic mass is 79.9. The lowest BCUT2D eigenvalue weighted by atomic mass is 10.1. The molecule has 0 aliphatic rings. The molecule has 0 heterocycles. The third-order valence-electron chi connectivity index (χ3n) is 3.55. The van der Waals surface area contributed by atoms with Crippen molar-refractivity contribution in [2.75, 3.05) is 11.9 Å². The predicted molar refractivity (Wildman–Crippen MR) is 106 cm³/mol. The first-order valence-electron chi connectivity index (χ1n) is 7.42. The van der Waals surface area contributed by atoms with Gasteiger partial charge in [0.05, 0.1) is 11.4 Å². The predicted octanol–water partition coefficient (Wildman–Crippen LogP) is 4.05. The van der Waals surface area contributed by atoms with Crippen LogP contribution < -0.4 is 10.0 Å². The van der Waals surface area contributed by atoms with Crippen LogP contribution in [-0.2, 0) is 14.8 Å². The van der Waals surface area contributed by atoms with Gasteiger partial charge in [0, 0.05) is 14.6 Å². The highest BCUT2D eigenvalue weighted by Gasteiger charge is 2.19. The number of halogens is 2. The molecule has 5 nitrogen and oxygen atoms in total. The number of benzene rings is 2. The van der Waals surface area contributed by atoms with Crippen LogP contribution in [0.1, 0.15) is 16.7 Å². The molecule has 2 N–H and O–H groups in total. The second-order valence-electron chi connectivity index (χ2n) is 5.72. The first-order valence-corrected chi connectivity index (χ1v) is 10.5. The molecule has 8 heteroatoms. The summed E-state index contributed by atoms with van der Waals surface area (Å²) < 4.78 is 28.2. The van der Waals surface area contributed by atoms with E-state index in [-0.39, 0.29) is 11.4 Å². The maximum absolute atomic E-state index is 12.4. The third-order valence-corrected chi connectivity index (χ3v) is 6.44. The summed E-state index contributed by atoms with van der Waals surface area (Å²) in [7, 11) is -3.82. The van der Waals surface area contributed by atoms with Crippen LogP contribution in [0.3, 0.4) is 0 Å². The average molecular weight is 490 g/mol. The average Bonchev–Trinajstić information content (AvgIpc) is 2.51. The number of sulfonamides is 1. The minimum atomic E-state index is -3.82.